The molecule has 4 nitrogen and oxygen atoms in total. The van der Waals surface area contributed by atoms with Crippen LogP contribution in [0.1, 0.15) is 17.1 Å². The molecule has 152 valence electrons. The molecule has 0 aliphatic heterocycles. The second kappa shape index (κ2) is 9.02. The van der Waals surface area contributed by atoms with Gasteiger partial charge in [0.15, 0.2) is 0 Å². The maximum atomic E-state index is 4.73. The predicted octanol–water partition coefficient (Wildman–Crippen LogP) is 5.42. The van der Waals surface area contributed by atoms with Gasteiger partial charge in [-0.3, -0.25) is 19.9 Å². The molecule has 0 radical (unpaired) electrons. The van der Waals surface area contributed by atoms with Crippen molar-refractivity contribution in [3.8, 4) is 0 Å². The highest BCUT2D eigenvalue weighted by atomic mass is 15.1. The fourth-order valence-corrected chi connectivity index (χ4v) is 4.07. The average Bonchev–Trinajstić information content (AvgIpc) is 2.84. The molecule has 5 aromatic rings. The first-order valence-electron chi connectivity index (χ1n) is 10.6. The van der Waals surface area contributed by atoms with E-state index in [1.165, 1.54) is 21.5 Å². The summed E-state index contributed by atoms with van der Waals surface area (Å²) < 4.78 is 0. The second-order valence-electron chi connectivity index (χ2n) is 7.74. The number of hydrogen-bond donors (Lipinski definition) is 0. The van der Waals surface area contributed by atoms with Gasteiger partial charge >= 0.3 is 0 Å². The third-order valence-corrected chi connectivity index (χ3v) is 5.67. The minimum atomic E-state index is 0.763. The van der Waals surface area contributed by atoms with Crippen LogP contribution in [0.15, 0.2) is 97.5 Å². The summed E-state index contributed by atoms with van der Waals surface area (Å²) in [5.74, 6) is 0. The Morgan fingerprint density at radius 1 is 0.548 bits per heavy atom. The van der Waals surface area contributed by atoms with Gasteiger partial charge < -0.3 is 0 Å². The van der Waals surface area contributed by atoms with E-state index in [1.807, 2.05) is 30.7 Å². The SMILES string of the molecule is c1ccc(CCN(Cc2nccc3ccccc23)Cc2nccc3ccccc23)nc1. The molecule has 0 saturated heterocycles. The molecule has 0 spiro atoms. The van der Waals surface area contributed by atoms with E-state index in [2.05, 4.69) is 76.6 Å². The van der Waals surface area contributed by atoms with Crippen LogP contribution in [-0.4, -0.2) is 26.4 Å². The minimum Gasteiger partial charge on any atom is -0.291 e. The first-order valence-corrected chi connectivity index (χ1v) is 10.6. The van der Waals surface area contributed by atoms with E-state index >= 15 is 0 Å². The molecular formula is C27H24N4. The van der Waals surface area contributed by atoms with Crippen LogP contribution in [0.2, 0.25) is 0 Å². The molecule has 3 aromatic heterocycles. The average molecular weight is 405 g/mol. The topological polar surface area (TPSA) is 41.9 Å². The number of pyridine rings is 3. The first kappa shape index (κ1) is 19.3. The Hall–Kier alpha value is -3.63. The van der Waals surface area contributed by atoms with E-state index in [0.717, 1.165) is 43.1 Å². The Bertz CT molecular complexity index is 1210. The third kappa shape index (κ3) is 4.44. The van der Waals surface area contributed by atoms with E-state index in [0.29, 0.717) is 0 Å². The summed E-state index contributed by atoms with van der Waals surface area (Å²) in [6, 6.07) is 27.2. The Morgan fingerprint density at radius 3 is 1.71 bits per heavy atom. The van der Waals surface area contributed by atoms with E-state index in [4.69, 9.17) is 9.97 Å². The molecule has 2 aromatic carbocycles. The van der Waals surface area contributed by atoms with Crippen LogP contribution in [0.3, 0.4) is 0 Å². The molecule has 3 heterocycles. The zero-order chi connectivity index (χ0) is 20.9. The van der Waals surface area contributed by atoms with Gasteiger partial charge in [-0.2, -0.15) is 0 Å². The van der Waals surface area contributed by atoms with Crippen LogP contribution in [0.5, 0.6) is 0 Å². The van der Waals surface area contributed by atoms with E-state index in [1.54, 1.807) is 0 Å². The molecule has 0 aliphatic carbocycles. The number of hydrogen-bond acceptors (Lipinski definition) is 4. The van der Waals surface area contributed by atoms with Gasteiger partial charge in [0, 0.05) is 61.1 Å². The van der Waals surface area contributed by atoms with Crippen molar-refractivity contribution in [2.75, 3.05) is 6.54 Å². The van der Waals surface area contributed by atoms with Crippen molar-refractivity contribution < 1.29 is 0 Å². The summed E-state index contributed by atoms with van der Waals surface area (Å²) in [7, 11) is 0. The lowest BCUT2D eigenvalue weighted by Gasteiger charge is -2.23. The summed E-state index contributed by atoms with van der Waals surface area (Å²) in [4.78, 5) is 16.4. The summed E-state index contributed by atoms with van der Waals surface area (Å²) in [5.41, 5.74) is 3.29. The van der Waals surface area contributed by atoms with Crippen LogP contribution in [0.4, 0.5) is 0 Å². The zero-order valence-electron chi connectivity index (χ0n) is 17.4. The molecule has 31 heavy (non-hydrogen) atoms. The highest BCUT2D eigenvalue weighted by Gasteiger charge is 2.13. The molecule has 0 bridgehead atoms. The number of fused-ring (bicyclic) bond motifs is 2. The highest BCUT2D eigenvalue weighted by molar-refractivity contribution is 5.85. The summed E-state index contributed by atoms with van der Waals surface area (Å²) in [6.45, 7) is 2.41. The van der Waals surface area contributed by atoms with Crippen LogP contribution in [-0.2, 0) is 19.5 Å². The Labute approximate surface area is 182 Å². The van der Waals surface area contributed by atoms with Crippen LogP contribution < -0.4 is 0 Å². The van der Waals surface area contributed by atoms with Crippen molar-refractivity contribution in [2.24, 2.45) is 0 Å². The third-order valence-electron chi connectivity index (χ3n) is 5.67. The van der Waals surface area contributed by atoms with Crippen molar-refractivity contribution in [2.45, 2.75) is 19.5 Å². The van der Waals surface area contributed by atoms with E-state index in [9.17, 15) is 0 Å². The maximum Gasteiger partial charge on any atom is 0.0622 e. The number of benzene rings is 2. The Kier molecular flexibility index (Phi) is 5.63. The predicted molar refractivity (Wildman–Crippen MR) is 126 cm³/mol. The van der Waals surface area contributed by atoms with Crippen LogP contribution in [0.25, 0.3) is 21.5 Å². The number of aromatic nitrogens is 3. The summed E-state index contributed by atoms with van der Waals surface area (Å²) >= 11 is 0. The zero-order valence-corrected chi connectivity index (χ0v) is 17.4. The molecule has 0 aliphatic rings. The normalized spacial score (nSPS) is 11.4. The molecule has 0 saturated carbocycles. The molecule has 5 rings (SSSR count). The van der Waals surface area contributed by atoms with Crippen molar-refractivity contribution in [3.63, 3.8) is 0 Å². The molecule has 0 atom stereocenters. The molecule has 0 fully saturated rings. The smallest absolute Gasteiger partial charge is 0.0622 e. The fraction of sp³-hybridized carbons (Fsp3) is 0.148. The molecule has 0 amide bonds. The Balaban J connectivity index is 1.46. The number of rotatable bonds is 7. The molecule has 0 N–H and O–H groups in total. The first-order chi connectivity index (χ1) is 15.4. The molecule has 0 unspecified atom stereocenters. The lowest BCUT2D eigenvalue weighted by atomic mass is 10.1. The minimum absolute atomic E-state index is 0.763. The maximum absolute atomic E-state index is 4.73. The van der Waals surface area contributed by atoms with Gasteiger partial charge in [-0.05, 0) is 35.0 Å². The van der Waals surface area contributed by atoms with E-state index in [-0.39, 0.29) is 0 Å². The van der Waals surface area contributed by atoms with Gasteiger partial charge in [0.05, 0.1) is 11.4 Å². The fourth-order valence-electron chi connectivity index (χ4n) is 4.07. The van der Waals surface area contributed by atoms with Gasteiger partial charge in [0.2, 0.25) is 0 Å². The second-order valence-corrected chi connectivity index (χ2v) is 7.74. The van der Waals surface area contributed by atoms with Crippen LogP contribution >= 0.6 is 0 Å². The lowest BCUT2D eigenvalue weighted by molar-refractivity contribution is 0.255. The monoisotopic (exact) mass is 404 g/mol. The number of nitrogens with zero attached hydrogens (tertiary/aromatic N) is 4. The van der Waals surface area contributed by atoms with Gasteiger partial charge in [0.25, 0.3) is 0 Å². The van der Waals surface area contributed by atoms with Crippen LogP contribution in [0, 0.1) is 0 Å². The largest absolute Gasteiger partial charge is 0.291 e. The lowest BCUT2D eigenvalue weighted by Crippen LogP contribution is -2.26. The van der Waals surface area contributed by atoms with E-state index < -0.39 is 0 Å². The summed E-state index contributed by atoms with van der Waals surface area (Å²) in [5, 5.41) is 4.86. The van der Waals surface area contributed by atoms with Gasteiger partial charge in [0.1, 0.15) is 0 Å². The van der Waals surface area contributed by atoms with Gasteiger partial charge in [-0.1, -0.05) is 54.6 Å². The van der Waals surface area contributed by atoms with Crippen molar-refractivity contribution >= 4 is 21.5 Å². The Morgan fingerprint density at radius 2 is 1.13 bits per heavy atom. The molecular weight excluding hydrogens is 380 g/mol. The van der Waals surface area contributed by atoms with Crippen molar-refractivity contribution in [1.82, 2.24) is 19.9 Å². The highest BCUT2D eigenvalue weighted by Crippen LogP contribution is 2.21. The van der Waals surface area contributed by atoms with Crippen molar-refractivity contribution in [1.29, 1.82) is 0 Å². The van der Waals surface area contributed by atoms with Crippen molar-refractivity contribution in [3.05, 3.63) is 115 Å². The quantitative estimate of drug-likeness (QED) is 0.363. The standard InChI is InChI=1S/C27H24N4/c1-3-10-24-21(7-1)12-16-29-26(24)19-31(18-14-23-9-5-6-15-28-23)20-27-25-11-4-2-8-22(25)13-17-30-27/h1-13,15-17H,14,18-20H2. The molecule has 4 heteroatoms. The van der Waals surface area contributed by atoms with Gasteiger partial charge in [-0.25, -0.2) is 0 Å². The summed E-state index contributed by atoms with van der Waals surface area (Å²) in [6.07, 6.45) is 6.56. The van der Waals surface area contributed by atoms with Gasteiger partial charge in [-0.15, -0.1) is 0 Å².